The first-order chi connectivity index (χ1) is 13.5. The molecule has 3 aromatic rings. The molecular weight excluding hydrogens is 420 g/mol. The summed E-state index contributed by atoms with van der Waals surface area (Å²) in [6.07, 6.45) is 0. The maximum absolute atomic E-state index is 5.87. The van der Waals surface area contributed by atoms with Crippen molar-refractivity contribution in [2.75, 3.05) is 19.7 Å². The molecule has 0 saturated heterocycles. The average Bonchev–Trinajstić information content (AvgIpc) is 3.00. The summed E-state index contributed by atoms with van der Waals surface area (Å²) >= 11 is 3.49. The van der Waals surface area contributed by atoms with Crippen LogP contribution in [-0.4, -0.2) is 30.6 Å². The minimum absolute atomic E-state index is 0.394. The first kappa shape index (κ1) is 20.2. The van der Waals surface area contributed by atoms with Crippen LogP contribution in [0.15, 0.2) is 50.3 Å². The number of oxazole rings is 1. The van der Waals surface area contributed by atoms with Gasteiger partial charge in [-0.05, 0) is 55.8 Å². The number of halogens is 1. The van der Waals surface area contributed by atoms with Gasteiger partial charge in [-0.1, -0.05) is 28.1 Å². The molecular formula is C21H25BrN4O2. The molecule has 0 saturated carbocycles. The summed E-state index contributed by atoms with van der Waals surface area (Å²) in [5.41, 5.74) is 0.902. The van der Waals surface area contributed by atoms with Crippen molar-refractivity contribution in [2.24, 2.45) is 4.99 Å². The lowest BCUT2D eigenvalue weighted by Crippen LogP contribution is -2.39. The normalized spacial score (nSPS) is 11.6. The van der Waals surface area contributed by atoms with Gasteiger partial charge >= 0.3 is 0 Å². The second-order valence-electron chi connectivity index (χ2n) is 6.37. The Labute approximate surface area is 173 Å². The number of hydrogen-bond acceptors (Lipinski definition) is 4. The fourth-order valence-electron chi connectivity index (χ4n) is 2.72. The minimum atomic E-state index is 0.394. The van der Waals surface area contributed by atoms with Crippen molar-refractivity contribution < 1.29 is 9.15 Å². The second kappa shape index (κ2) is 9.59. The second-order valence-corrected chi connectivity index (χ2v) is 7.29. The van der Waals surface area contributed by atoms with E-state index in [1.807, 2.05) is 39.0 Å². The molecule has 0 aliphatic rings. The number of nitrogens with one attached hydrogen (secondary N) is 2. The molecule has 0 radical (unpaired) electrons. The monoisotopic (exact) mass is 444 g/mol. The third-order valence-electron chi connectivity index (χ3n) is 4.23. The van der Waals surface area contributed by atoms with Crippen LogP contribution in [0.5, 0.6) is 5.75 Å². The van der Waals surface area contributed by atoms with Crippen LogP contribution in [0.1, 0.15) is 24.3 Å². The Kier molecular flexibility index (Phi) is 6.92. The molecule has 0 fully saturated rings. The highest BCUT2D eigenvalue weighted by molar-refractivity contribution is 9.10. The zero-order valence-corrected chi connectivity index (χ0v) is 18.0. The Morgan fingerprint density at radius 1 is 1.14 bits per heavy atom. The van der Waals surface area contributed by atoms with Crippen LogP contribution in [0, 0.1) is 13.8 Å². The lowest BCUT2D eigenvalue weighted by molar-refractivity contribution is 0.322. The zero-order valence-electron chi connectivity index (χ0n) is 16.4. The van der Waals surface area contributed by atoms with E-state index in [0.29, 0.717) is 31.5 Å². The predicted molar refractivity (Wildman–Crippen MR) is 116 cm³/mol. The zero-order chi connectivity index (χ0) is 19.9. The molecule has 7 heteroatoms. The summed E-state index contributed by atoms with van der Waals surface area (Å²) in [7, 11) is 0. The molecule has 0 aliphatic heterocycles. The largest absolute Gasteiger partial charge is 0.492 e. The van der Waals surface area contributed by atoms with Crippen molar-refractivity contribution >= 4 is 32.7 Å². The highest BCUT2D eigenvalue weighted by atomic mass is 79.9. The van der Waals surface area contributed by atoms with Gasteiger partial charge < -0.3 is 19.8 Å². The topological polar surface area (TPSA) is 71.7 Å². The molecule has 0 spiro atoms. The number of aryl methyl sites for hydroxylation is 2. The molecule has 148 valence electrons. The molecule has 0 unspecified atom stereocenters. The van der Waals surface area contributed by atoms with Crippen LogP contribution in [-0.2, 0) is 6.54 Å². The number of nitrogens with zero attached hydrogens (tertiary/aromatic N) is 2. The van der Waals surface area contributed by atoms with E-state index in [0.717, 1.165) is 33.6 Å². The number of aliphatic imine (C=N–C) groups is 1. The predicted octanol–water partition coefficient (Wildman–Crippen LogP) is 4.34. The van der Waals surface area contributed by atoms with Crippen LogP contribution >= 0.6 is 15.9 Å². The van der Waals surface area contributed by atoms with E-state index < -0.39 is 0 Å². The van der Waals surface area contributed by atoms with Gasteiger partial charge in [-0.2, -0.15) is 0 Å². The number of guanidine groups is 1. The van der Waals surface area contributed by atoms with Crippen molar-refractivity contribution in [3.8, 4) is 5.75 Å². The van der Waals surface area contributed by atoms with Gasteiger partial charge in [-0.25, -0.2) is 9.98 Å². The number of aromatic nitrogens is 1. The van der Waals surface area contributed by atoms with E-state index in [9.17, 15) is 0 Å². The Balaban J connectivity index is 1.51. The van der Waals surface area contributed by atoms with Gasteiger partial charge in [-0.3, -0.25) is 0 Å². The smallest absolute Gasteiger partial charge is 0.216 e. The molecule has 3 rings (SSSR count). The quantitative estimate of drug-likeness (QED) is 0.322. The number of benzene rings is 2. The Morgan fingerprint density at radius 3 is 2.68 bits per heavy atom. The van der Waals surface area contributed by atoms with Crippen molar-refractivity contribution in [1.82, 2.24) is 15.6 Å². The van der Waals surface area contributed by atoms with Gasteiger partial charge in [0.15, 0.2) is 5.96 Å². The summed E-state index contributed by atoms with van der Waals surface area (Å²) < 4.78 is 12.5. The van der Waals surface area contributed by atoms with Gasteiger partial charge in [0.25, 0.3) is 0 Å². The van der Waals surface area contributed by atoms with Crippen LogP contribution in [0.25, 0.3) is 10.8 Å². The SMILES string of the molecule is CCNC(=NCc1nc(C)c(C)o1)NCCOc1ccc2cc(Br)ccc2c1. The maximum atomic E-state index is 5.87. The molecule has 0 aliphatic carbocycles. The molecule has 1 heterocycles. The summed E-state index contributed by atoms with van der Waals surface area (Å²) in [5, 5.41) is 8.81. The van der Waals surface area contributed by atoms with Crippen molar-refractivity contribution in [2.45, 2.75) is 27.3 Å². The van der Waals surface area contributed by atoms with E-state index in [-0.39, 0.29) is 0 Å². The molecule has 0 bridgehead atoms. The van der Waals surface area contributed by atoms with E-state index in [2.05, 4.69) is 54.7 Å². The Bertz CT molecular complexity index is 949. The molecule has 28 heavy (non-hydrogen) atoms. The lowest BCUT2D eigenvalue weighted by Gasteiger charge is -2.12. The fraction of sp³-hybridized carbons (Fsp3) is 0.333. The summed E-state index contributed by atoms with van der Waals surface area (Å²) in [5.74, 6) is 3.01. The van der Waals surface area contributed by atoms with Crippen molar-refractivity contribution in [3.63, 3.8) is 0 Å². The molecule has 0 atom stereocenters. The third kappa shape index (κ3) is 5.48. The van der Waals surface area contributed by atoms with Crippen LogP contribution in [0.2, 0.25) is 0 Å². The van der Waals surface area contributed by atoms with Crippen LogP contribution in [0.3, 0.4) is 0 Å². The van der Waals surface area contributed by atoms with Gasteiger partial charge in [0.1, 0.15) is 24.7 Å². The Morgan fingerprint density at radius 2 is 1.93 bits per heavy atom. The van der Waals surface area contributed by atoms with Gasteiger partial charge in [0, 0.05) is 11.0 Å². The van der Waals surface area contributed by atoms with Gasteiger partial charge in [0.05, 0.1) is 12.2 Å². The highest BCUT2D eigenvalue weighted by Gasteiger charge is 2.05. The average molecular weight is 445 g/mol. The molecule has 2 N–H and O–H groups in total. The third-order valence-corrected chi connectivity index (χ3v) is 4.72. The van der Waals surface area contributed by atoms with Crippen molar-refractivity contribution in [3.05, 3.63) is 58.2 Å². The van der Waals surface area contributed by atoms with E-state index in [4.69, 9.17) is 9.15 Å². The van der Waals surface area contributed by atoms with Crippen LogP contribution in [0.4, 0.5) is 0 Å². The number of rotatable bonds is 7. The number of hydrogen-bond donors (Lipinski definition) is 2. The molecule has 0 amide bonds. The Hall–Kier alpha value is -2.54. The minimum Gasteiger partial charge on any atom is -0.492 e. The van der Waals surface area contributed by atoms with Gasteiger partial charge in [0.2, 0.25) is 5.89 Å². The van der Waals surface area contributed by atoms with Crippen molar-refractivity contribution in [1.29, 1.82) is 0 Å². The molecule has 2 aromatic carbocycles. The standard InChI is InChI=1S/C21H25BrN4O2/c1-4-23-21(25-13-20-26-14(2)15(3)28-20)24-9-10-27-19-8-6-16-11-18(22)7-5-17(16)12-19/h5-8,11-12H,4,9-10,13H2,1-3H3,(H2,23,24,25). The van der Waals surface area contributed by atoms with Crippen LogP contribution < -0.4 is 15.4 Å². The first-order valence-electron chi connectivity index (χ1n) is 9.32. The number of ether oxygens (including phenoxy) is 1. The van der Waals surface area contributed by atoms with E-state index in [1.165, 1.54) is 5.39 Å². The first-order valence-corrected chi connectivity index (χ1v) is 10.1. The summed E-state index contributed by atoms with van der Waals surface area (Å²) in [6.45, 7) is 8.19. The fourth-order valence-corrected chi connectivity index (χ4v) is 3.10. The van der Waals surface area contributed by atoms with E-state index >= 15 is 0 Å². The summed E-state index contributed by atoms with van der Waals surface area (Å²) in [4.78, 5) is 8.86. The van der Waals surface area contributed by atoms with E-state index in [1.54, 1.807) is 0 Å². The van der Waals surface area contributed by atoms with Gasteiger partial charge in [-0.15, -0.1) is 0 Å². The lowest BCUT2D eigenvalue weighted by atomic mass is 10.1. The number of fused-ring (bicyclic) bond motifs is 1. The highest BCUT2D eigenvalue weighted by Crippen LogP contribution is 2.24. The molecule has 1 aromatic heterocycles. The molecule has 6 nitrogen and oxygen atoms in total. The summed E-state index contributed by atoms with van der Waals surface area (Å²) in [6, 6.07) is 12.3. The maximum Gasteiger partial charge on any atom is 0.216 e.